The molecule has 0 aromatic rings. The number of halogens is 1. The van der Waals surface area contributed by atoms with Crippen LogP contribution in [0.25, 0.3) is 0 Å². The van der Waals surface area contributed by atoms with E-state index in [0.717, 1.165) is 17.6 Å². The summed E-state index contributed by atoms with van der Waals surface area (Å²) in [5.74, 6) is 0. The molecule has 0 aliphatic carbocycles. The van der Waals surface area contributed by atoms with Crippen molar-refractivity contribution in [3.8, 4) is 0 Å². The molecule has 2 heteroatoms. The van der Waals surface area contributed by atoms with Crippen molar-refractivity contribution in [1.29, 1.82) is 0 Å². The highest BCUT2D eigenvalue weighted by Crippen LogP contribution is 2.04. The van der Waals surface area contributed by atoms with E-state index in [0.29, 0.717) is 0 Å². The van der Waals surface area contributed by atoms with Crippen LogP contribution < -0.4 is 0 Å². The zero-order valence-electron chi connectivity index (χ0n) is 7.76. The second-order valence-corrected chi connectivity index (χ2v) is 3.50. The average molecular weight is 230 g/mol. The van der Waals surface area contributed by atoms with Crippen LogP contribution in [0.4, 0.5) is 0 Å². The molecule has 0 aliphatic rings. The molecule has 0 unspecified atom stereocenters. The molecule has 0 rings (SSSR count). The maximum Gasteiger partial charge on any atom is 0.0166 e. The van der Waals surface area contributed by atoms with Crippen molar-refractivity contribution in [1.82, 2.24) is 4.90 Å². The molecule has 0 spiro atoms. The first-order valence-corrected chi connectivity index (χ1v) is 4.77. The Kier molecular flexibility index (Phi) is 7.11. The fourth-order valence-corrected chi connectivity index (χ4v) is 0.923. The quantitative estimate of drug-likeness (QED) is 0.518. The van der Waals surface area contributed by atoms with Gasteiger partial charge in [0.05, 0.1) is 0 Å². The minimum Gasteiger partial charge on any atom is -0.299 e. The molecular formula is C10H16BrN. The molecule has 1 nitrogen and oxygen atoms in total. The monoisotopic (exact) mass is 229 g/mol. The Morgan fingerprint density at radius 1 is 1.50 bits per heavy atom. The second-order valence-electron chi connectivity index (χ2n) is 2.59. The summed E-state index contributed by atoms with van der Waals surface area (Å²) < 4.78 is 1.12. The molecule has 0 aliphatic heterocycles. The summed E-state index contributed by atoms with van der Waals surface area (Å²) in [4.78, 5) is 2.18. The number of rotatable bonds is 5. The maximum absolute atomic E-state index is 3.67. The highest BCUT2D eigenvalue weighted by Gasteiger charge is 1.89. The number of hydrogen-bond acceptors (Lipinski definition) is 1. The molecule has 0 aromatic heterocycles. The van der Waals surface area contributed by atoms with Gasteiger partial charge in [-0.1, -0.05) is 40.2 Å². The summed E-state index contributed by atoms with van der Waals surface area (Å²) in [6, 6.07) is 0. The van der Waals surface area contributed by atoms with Gasteiger partial charge in [0, 0.05) is 17.6 Å². The Balaban J connectivity index is 3.66. The van der Waals surface area contributed by atoms with Gasteiger partial charge in [-0.3, -0.25) is 4.90 Å². The van der Waals surface area contributed by atoms with Gasteiger partial charge in [-0.15, -0.1) is 6.58 Å². The number of nitrogens with zero attached hydrogens (tertiary/aromatic N) is 1. The summed E-state index contributed by atoms with van der Waals surface area (Å²) in [5.41, 5.74) is 0. The van der Waals surface area contributed by atoms with Crippen molar-refractivity contribution in [2.24, 2.45) is 0 Å². The Morgan fingerprint density at radius 3 is 2.67 bits per heavy atom. The van der Waals surface area contributed by atoms with Crippen LogP contribution in [0.3, 0.4) is 0 Å². The third-order valence-electron chi connectivity index (χ3n) is 1.41. The molecule has 0 aromatic carbocycles. The predicted molar refractivity (Wildman–Crippen MR) is 59.5 cm³/mol. The molecule has 0 saturated heterocycles. The van der Waals surface area contributed by atoms with Gasteiger partial charge in [-0.25, -0.2) is 0 Å². The average Bonchev–Trinajstić information content (AvgIpc) is 2.04. The number of hydrogen-bond donors (Lipinski definition) is 0. The van der Waals surface area contributed by atoms with Crippen molar-refractivity contribution in [3.63, 3.8) is 0 Å². The van der Waals surface area contributed by atoms with Gasteiger partial charge in [0.25, 0.3) is 0 Å². The summed E-state index contributed by atoms with van der Waals surface area (Å²) in [5, 5.41) is 0. The van der Waals surface area contributed by atoms with Gasteiger partial charge in [-0.05, 0) is 14.0 Å². The zero-order valence-corrected chi connectivity index (χ0v) is 9.34. The topological polar surface area (TPSA) is 3.24 Å². The number of allylic oxidation sites excluding steroid dienone is 3. The van der Waals surface area contributed by atoms with E-state index in [2.05, 4.69) is 46.6 Å². The smallest absolute Gasteiger partial charge is 0.0166 e. The van der Waals surface area contributed by atoms with Gasteiger partial charge >= 0.3 is 0 Å². The lowest BCUT2D eigenvalue weighted by atomic mass is 10.4. The Labute approximate surface area is 83.6 Å². The van der Waals surface area contributed by atoms with E-state index in [1.165, 1.54) is 0 Å². The Bertz CT molecular complexity index is 182. The molecule has 68 valence electrons. The highest BCUT2D eigenvalue weighted by atomic mass is 79.9. The van der Waals surface area contributed by atoms with Crippen molar-refractivity contribution in [2.75, 3.05) is 20.1 Å². The minimum absolute atomic E-state index is 0.928. The van der Waals surface area contributed by atoms with Gasteiger partial charge < -0.3 is 0 Å². The summed E-state index contributed by atoms with van der Waals surface area (Å²) in [7, 11) is 2.07. The molecular weight excluding hydrogens is 214 g/mol. The third kappa shape index (κ3) is 6.38. The van der Waals surface area contributed by atoms with E-state index in [4.69, 9.17) is 0 Å². The van der Waals surface area contributed by atoms with Crippen LogP contribution in [0.1, 0.15) is 6.92 Å². The normalized spacial score (nSPS) is 12.8. The first kappa shape index (κ1) is 11.7. The van der Waals surface area contributed by atoms with Crippen molar-refractivity contribution in [3.05, 3.63) is 35.4 Å². The van der Waals surface area contributed by atoms with Crippen LogP contribution in [-0.4, -0.2) is 25.0 Å². The fourth-order valence-electron chi connectivity index (χ4n) is 0.736. The van der Waals surface area contributed by atoms with E-state index in [9.17, 15) is 0 Å². The second kappa shape index (κ2) is 7.32. The molecule has 0 fully saturated rings. The summed E-state index contributed by atoms with van der Waals surface area (Å²) >= 11 is 3.40. The molecule has 0 bridgehead atoms. The standard InChI is InChI=1S/C10H16BrN/c1-4-8-12(3)9-6-7-10(11)5-2/h4-7H,1,8-9H2,2-3H3/b7-6-,10-5+. The summed E-state index contributed by atoms with van der Waals surface area (Å²) in [6.45, 7) is 7.56. The lowest BCUT2D eigenvalue weighted by Gasteiger charge is -2.09. The Morgan fingerprint density at radius 2 is 2.17 bits per heavy atom. The fraction of sp³-hybridized carbons (Fsp3) is 0.400. The molecule has 0 heterocycles. The number of likely N-dealkylation sites (N-methyl/N-ethyl adjacent to an activating group) is 1. The van der Waals surface area contributed by atoms with Crippen LogP contribution in [0.2, 0.25) is 0 Å². The van der Waals surface area contributed by atoms with Gasteiger partial charge in [0.15, 0.2) is 0 Å². The van der Waals surface area contributed by atoms with E-state index in [-0.39, 0.29) is 0 Å². The van der Waals surface area contributed by atoms with E-state index in [1.807, 2.05) is 19.1 Å². The van der Waals surface area contributed by atoms with Crippen LogP contribution in [-0.2, 0) is 0 Å². The molecule has 0 amide bonds. The SMILES string of the molecule is C=CCN(C)C/C=C\C(Br)=C/C. The lowest BCUT2D eigenvalue weighted by molar-refractivity contribution is 0.413. The molecule has 0 atom stereocenters. The van der Waals surface area contributed by atoms with Crippen LogP contribution in [0.15, 0.2) is 35.4 Å². The largest absolute Gasteiger partial charge is 0.299 e. The van der Waals surface area contributed by atoms with Crippen molar-refractivity contribution in [2.45, 2.75) is 6.92 Å². The minimum atomic E-state index is 0.928. The first-order valence-electron chi connectivity index (χ1n) is 3.98. The lowest BCUT2D eigenvalue weighted by Crippen LogP contribution is -2.17. The van der Waals surface area contributed by atoms with Crippen LogP contribution in [0, 0.1) is 0 Å². The third-order valence-corrected chi connectivity index (χ3v) is 2.13. The molecule has 0 N–H and O–H groups in total. The van der Waals surface area contributed by atoms with E-state index >= 15 is 0 Å². The zero-order chi connectivity index (χ0) is 9.40. The van der Waals surface area contributed by atoms with Gasteiger partial charge in [0.1, 0.15) is 0 Å². The van der Waals surface area contributed by atoms with E-state index in [1.54, 1.807) is 0 Å². The van der Waals surface area contributed by atoms with Gasteiger partial charge in [-0.2, -0.15) is 0 Å². The van der Waals surface area contributed by atoms with Gasteiger partial charge in [0.2, 0.25) is 0 Å². The molecule has 0 radical (unpaired) electrons. The maximum atomic E-state index is 3.67. The van der Waals surface area contributed by atoms with E-state index < -0.39 is 0 Å². The summed E-state index contributed by atoms with van der Waals surface area (Å²) in [6.07, 6.45) is 8.09. The van der Waals surface area contributed by atoms with Crippen LogP contribution >= 0.6 is 15.9 Å². The highest BCUT2D eigenvalue weighted by molar-refractivity contribution is 9.11. The Hall–Kier alpha value is -0.340. The van der Waals surface area contributed by atoms with Crippen LogP contribution in [0.5, 0.6) is 0 Å². The predicted octanol–water partition coefficient (Wildman–Crippen LogP) is 2.96. The van der Waals surface area contributed by atoms with Crippen molar-refractivity contribution >= 4 is 15.9 Å². The molecule has 0 saturated carbocycles. The van der Waals surface area contributed by atoms with Crippen molar-refractivity contribution < 1.29 is 0 Å². The first-order chi connectivity index (χ1) is 5.70. The molecule has 12 heavy (non-hydrogen) atoms.